The van der Waals surface area contributed by atoms with Crippen LogP contribution in [0.4, 0.5) is 0 Å². The van der Waals surface area contributed by atoms with Crippen molar-refractivity contribution < 1.29 is 9.53 Å². The molecule has 1 aromatic carbocycles. The second kappa shape index (κ2) is 10.3. The number of benzene rings is 1. The van der Waals surface area contributed by atoms with Crippen LogP contribution in [0, 0.1) is 5.92 Å². The predicted molar refractivity (Wildman–Crippen MR) is 114 cm³/mol. The molecular formula is C21H35N5O2. The lowest BCUT2D eigenvalue weighted by molar-refractivity contribution is -0.127. The average molecular weight is 390 g/mol. The van der Waals surface area contributed by atoms with E-state index in [-0.39, 0.29) is 12.5 Å². The van der Waals surface area contributed by atoms with Crippen molar-refractivity contribution in [3.05, 3.63) is 29.8 Å². The van der Waals surface area contributed by atoms with E-state index in [1.165, 1.54) is 0 Å². The van der Waals surface area contributed by atoms with Gasteiger partial charge in [-0.15, -0.1) is 0 Å². The number of methoxy groups -OCH3 is 1. The van der Waals surface area contributed by atoms with Crippen LogP contribution in [-0.4, -0.2) is 74.6 Å². The van der Waals surface area contributed by atoms with Gasteiger partial charge in [0.05, 0.1) is 20.2 Å². The number of guanidine groups is 1. The third kappa shape index (κ3) is 6.41. The molecule has 0 aromatic heterocycles. The second-order valence-electron chi connectivity index (χ2n) is 7.93. The van der Waals surface area contributed by atoms with Crippen molar-refractivity contribution in [2.75, 3.05) is 40.8 Å². The molecule has 7 nitrogen and oxygen atoms in total. The number of carbonyl (C=O) groups excluding carboxylic acids is 1. The quantitative estimate of drug-likeness (QED) is 0.547. The van der Waals surface area contributed by atoms with Crippen LogP contribution in [0.15, 0.2) is 29.3 Å². The summed E-state index contributed by atoms with van der Waals surface area (Å²) in [5.41, 5.74) is 1.09. The molecule has 2 N–H and O–H groups in total. The van der Waals surface area contributed by atoms with E-state index >= 15 is 0 Å². The summed E-state index contributed by atoms with van der Waals surface area (Å²) in [4.78, 5) is 20.7. The minimum atomic E-state index is 0.0159. The monoisotopic (exact) mass is 389 g/mol. The molecule has 2 atom stereocenters. The fourth-order valence-corrected chi connectivity index (χ4v) is 3.16. The number of aliphatic imine (C=N–C) groups is 1. The van der Waals surface area contributed by atoms with E-state index in [2.05, 4.69) is 36.3 Å². The highest BCUT2D eigenvalue weighted by Crippen LogP contribution is 2.18. The van der Waals surface area contributed by atoms with Gasteiger partial charge in [0.15, 0.2) is 5.96 Å². The van der Waals surface area contributed by atoms with Gasteiger partial charge in [-0.3, -0.25) is 9.69 Å². The Morgan fingerprint density at radius 1 is 1.29 bits per heavy atom. The summed E-state index contributed by atoms with van der Waals surface area (Å²) in [6.45, 7) is 9.50. The van der Waals surface area contributed by atoms with Gasteiger partial charge < -0.3 is 20.3 Å². The number of likely N-dealkylation sites (N-methyl/N-ethyl adjacent to an activating group) is 1. The lowest BCUT2D eigenvalue weighted by Crippen LogP contribution is -2.49. The van der Waals surface area contributed by atoms with E-state index in [1.54, 1.807) is 26.1 Å². The number of rotatable bonds is 7. The lowest BCUT2D eigenvalue weighted by atomic mass is 10.1. The summed E-state index contributed by atoms with van der Waals surface area (Å²) in [6.07, 6.45) is 0. The molecule has 1 amide bonds. The van der Waals surface area contributed by atoms with Gasteiger partial charge in [0.1, 0.15) is 5.75 Å². The summed E-state index contributed by atoms with van der Waals surface area (Å²) in [5, 5.41) is 6.73. The molecule has 1 heterocycles. The Balaban J connectivity index is 2.05. The first kappa shape index (κ1) is 22.0. The van der Waals surface area contributed by atoms with Crippen LogP contribution in [0.25, 0.3) is 0 Å². The van der Waals surface area contributed by atoms with Gasteiger partial charge in [0.25, 0.3) is 0 Å². The SMILES string of the molecule is COc1ccc(CN=C(NCC(=O)N(C)C)NC2CN(C(C)C)CC2C)cc1. The molecule has 28 heavy (non-hydrogen) atoms. The van der Waals surface area contributed by atoms with Crippen LogP contribution in [-0.2, 0) is 11.3 Å². The summed E-state index contributed by atoms with van der Waals surface area (Å²) in [7, 11) is 5.17. The first-order chi connectivity index (χ1) is 13.3. The molecule has 1 fully saturated rings. The third-order valence-corrected chi connectivity index (χ3v) is 5.18. The van der Waals surface area contributed by atoms with Crippen LogP contribution >= 0.6 is 0 Å². The van der Waals surface area contributed by atoms with Crippen molar-refractivity contribution in [3.63, 3.8) is 0 Å². The van der Waals surface area contributed by atoms with Crippen LogP contribution in [0.1, 0.15) is 26.3 Å². The molecule has 0 bridgehead atoms. The smallest absolute Gasteiger partial charge is 0.241 e. The van der Waals surface area contributed by atoms with Gasteiger partial charge in [-0.1, -0.05) is 19.1 Å². The van der Waals surface area contributed by atoms with Gasteiger partial charge in [-0.2, -0.15) is 0 Å². The van der Waals surface area contributed by atoms with E-state index in [4.69, 9.17) is 9.73 Å². The van der Waals surface area contributed by atoms with Crippen molar-refractivity contribution in [1.82, 2.24) is 20.4 Å². The van der Waals surface area contributed by atoms with Crippen molar-refractivity contribution in [3.8, 4) is 5.75 Å². The molecule has 0 aliphatic carbocycles. The van der Waals surface area contributed by atoms with Crippen molar-refractivity contribution in [1.29, 1.82) is 0 Å². The molecule has 0 spiro atoms. The Bertz CT molecular complexity index is 657. The number of carbonyl (C=O) groups is 1. The Morgan fingerprint density at radius 3 is 2.50 bits per heavy atom. The van der Waals surface area contributed by atoms with Crippen molar-refractivity contribution in [2.24, 2.45) is 10.9 Å². The molecule has 0 radical (unpaired) electrons. The third-order valence-electron chi connectivity index (χ3n) is 5.18. The normalized spacial score (nSPS) is 20.3. The Kier molecular flexibility index (Phi) is 8.11. The van der Waals surface area contributed by atoms with Gasteiger partial charge in [-0.25, -0.2) is 4.99 Å². The van der Waals surface area contributed by atoms with E-state index in [0.717, 1.165) is 24.4 Å². The topological polar surface area (TPSA) is 69.2 Å². The first-order valence-corrected chi connectivity index (χ1v) is 9.92. The van der Waals surface area contributed by atoms with E-state index < -0.39 is 0 Å². The maximum Gasteiger partial charge on any atom is 0.241 e. The van der Waals surface area contributed by atoms with E-state index in [1.807, 2.05) is 24.3 Å². The fraction of sp³-hybridized carbons (Fsp3) is 0.619. The van der Waals surface area contributed by atoms with Gasteiger partial charge in [-0.05, 0) is 37.5 Å². The van der Waals surface area contributed by atoms with Gasteiger partial charge in [0.2, 0.25) is 5.91 Å². The molecule has 156 valence electrons. The summed E-state index contributed by atoms with van der Waals surface area (Å²) < 4.78 is 5.20. The summed E-state index contributed by atoms with van der Waals surface area (Å²) >= 11 is 0. The van der Waals surface area contributed by atoms with Gasteiger partial charge in [0, 0.05) is 39.3 Å². The Labute approximate surface area is 169 Å². The second-order valence-corrected chi connectivity index (χ2v) is 7.93. The fourth-order valence-electron chi connectivity index (χ4n) is 3.16. The molecule has 1 aromatic rings. The minimum absolute atomic E-state index is 0.0159. The average Bonchev–Trinajstić information content (AvgIpc) is 3.04. The van der Waals surface area contributed by atoms with Crippen LogP contribution < -0.4 is 15.4 Å². The number of nitrogens with zero attached hydrogens (tertiary/aromatic N) is 3. The number of ether oxygens (including phenoxy) is 1. The lowest BCUT2D eigenvalue weighted by Gasteiger charge is -2.22. The number of amides is 1. The molecule has 2 rings (SSSR count). The maximum absolute atomic E-state index is 12.0. The van der Waals surface area contributed by atoms with Crippen LogP contribution in [0.3, 0.4) is 0 Å². The minimum Gasteiger partial charge on any atom is -0.497 e. The molecule has 0 saturated carbocycles. The summed E-state index contributed by atoms with van der Waals surface area (Å²) in [5.74, 6) is 2.03. The standard InChI is InChI=1S/C21H35N5O2/c1-15(2)26-13-16(3)19(14-26)24-21(23-12-20(27)25(4)5)22-11-17-7-9-18(28-6)10-8-17/h7-10,15-16,19H,11-14H2,1-6H3,(H2,22,23,24). The van der Waals surface area contributed by atoms with Crippen molar-refractivity contribution in [2.45, 2.75) is 39.4 Å². The predicted octanol–water partition coefficient (Wildman–Crippen LogP) is 1.55. The zero-order chi connectivity index (χ0) is 20.7. The highest BCUT2D eigenvalue weighted by atomic mass is 16.5. The Morgan fingerprint density at radius 2 is 1.96 bits per heavy atom. The molecule has 1 aliphatic heterocycles. The molecular weight excluding hydrogens is 354 g/mol. The number of hydrogen-bond donors (Lipinski definition) is 2. The molecule has 7 heteroatoms. The van der Waals surface area contributed by atoms with E-state index in [0.29, 0.717) is 30.5 Å². The number of likely N-dealkylation sites (tertiary alicyclic amines) is 1. The molecule has 2 unspecified atom stereocenters. The van der Waals surface area contributed by atoms with Gasteiger partial charge >= 0.3 is 0 Å². The largest absolute Gasteiger partial charge is 0.497 e. The number of nitrogens with one attached hydrogen (secondary N) is 2. The molecule has 1 aliphatic rings. The zero-order valence-corrected chi connectivity index (χ0v) is 18.0. The van der Waals surface area contributed by atoms with Crippen LogP contribution in [0.2, 0.25) is 0 Å². The highest BCUT2D eigenvalue weighted by Gasteiger charge is 2.31. The van der Waals surface area contributed by atoms with E-state index in [9.17, 15) is 4.79 Å². The van der Waals surface area contributed by atoms with Crippen molar-refractivity contribution >= 4 is 11.9 Å². The maximum atomic E-state index is 12.0. The Hall–Kier alpha value is -2.28. The summed E-state index contributed by atoms with van der Waals surface area (Å²) in [6, 6.07) is 8.70. The number of hydrogen-bond acceptors (Lipinski definition) is 4. The first-order valence-electron chi connectivity index (χ1n) is 9.92. The molecule has 1 saturated heterocycles. The van der Waals surface area contributed by atoms with Crippen LogP contribution in [0.5, 0.6) is 5.75 Å². The highest BCUT2D eigenvalue weighted by molar-refractivity contribution is 5.86. The zero-order valence-electron chi connectivity index (χ0n) is 18.0.